The van der Waals surface area contributed by atoms with E-state index in [1.54, 1.807) is 24.3 Å². The van der Waals surface area contributed by atoms with Crippen molar-refractivity contribution < 1.29 is 14.3 Å². The van der Waals surface area contributed by atoms with E-state index in [9.17, 15) is 9.59 Å². The lowest BCUT2D eigenvalue weighted by atomic mass is 9.92. The molecule has 0 N–H and O–H groups in total. The van der Waals surface area contributed by atoms with E-state index >= 15 is 0 Å². The second-order valence-corrected chi connectivity index (χ2v) is 6.68. The van der Waals surface area contributed by atoms with E-state index in [-0.39, 0.29) is 11.2 Å². The van der Waals surface area contributed by atoms with Crippen molar-refractivity contribution in [1.82, 2.24) is 4.90 Å². The Bertz CT molecular complexity index is 654. The molecule has 4 heteroatoms. The minimum Gasteiger partial charge on any atom is -0.466 e. The Morgan fingerprint density at radius 2 is 1.87 bits per heavy atom. The van der Waals surface area contributed by atoms with E-state index in [0.717, 1.165) is 24.2 Å². The molecule has 0 aliphatic carbocycles. The Hall–Kier alpha value is -2.36. The molecule has 2 rings (SSSR count). The number of rotatable bonds is 4. The summed E-state index contributed by atoms with van der Waals surface area (Å²) in [4.78, 5) is 25.6. The second-order valence-electron chi connectivity index (χ2n) is 6.68. The van der Waals surface area contributed by atoms with Crippen molar-refractivity contribution >= 4 is 17.8 Å². The van der Waals surface area contributed by atoms with Crippen LogP contribution in [0.1, 0.15) is 36.2 Å². The summed E-state index contributed by atoms with van der Waals surface area (Å²) in [6.45, 7) is 5.37. The first-order valence-corrected chi connectivity index (χ1v) is 7.63. The third-order valence-electron chi connectivity index (χ3n) is 3.92. The molecule has 0 bridgehead atoms. The number of hydrogen-bond donors (Lipinski definition) is 0. The van der Waals surface area contributed by atoms with Crippen LogP contribution in [-0.2, 0) is 9.53 Å². The maximum Gasteiger partial charge on any atom is 0.330 e. The molecule has 0 aromatic heterocycles. The van der Waals surface area contributed by atoms with Crippen LogP contribution in [0.25, 0.3) is 6.08 Å². The molecule has 1 saturated heterocycles. The summed E-state index contributed by atoms with van der Waals surface area (Å²) >= 11 is 0. The summed E-state index contributed by atoms with van der Waals surface area (Å²) < 4.78 is 4.54. The molecule has 0 unspecified atom stereocenters. The van der Waals surface area contributed by atoms with Gasteiger partial charge in [-0.3, -0.25) is 4.79 Å². The Kier molecular flexibility index (Phi) is 5.04. The summed E-state index contributed by atoms with van der Waals surface area (Å²) in [7, 11) is 3.36. The van der Waals surface area contributed by atoms with E-state index in [1.165, 1.54) is 13.2 Å². The van der Waals surface area contributed by atoms with Gasteiger partial charge in [-0.25, -0.2) is 4.79 Å². The van der Waals surface area contributed by atoms with Crippen molar-refractivity contribution in [3.8, 4) is 0 Å². The highest BCUT2D eigenvalue weighted by Crippen LogP contribution is 2.35. The van der Waals surface area contributed by atoms with Crippen LogP contribution < -0.4 is 0 Å². The van der Waals surface area contributed by atoms with Gasteiger partial charge in [0, 0.05) is 37.0 Å². The highest BCUT2D eigenvalue weighted by molar-refractivity contribution is 6.05. The molecular formula is C19H23NO3. The zero-order valence-corrected chi connectivity index (χ0v) is 14.1. The van der Waals surface area contributed by atoms with Crippen molar-refractivity contribution in [3.05, 3.63) is 53.2 Å². The Balaban J connectivity index is 2.09. The number of nitrogens with zero attached hydrogens (tertiary/aromatic N) is 1. The zero-order valence-electron chi connectivity index (χ0n) is 14.1. The van der Waals surface area contributed by atoms with Gasteiger partial charge in [0.25, 0.3) is 0 Å². The van der Waals surface area contributed by atoms with Crippen LogP contribution in [0.2, 0.25) is 0 Å². The van der Waals surface area contributed by atoms with Gasteiger partial charge in [-0.05, 0) is 23.5 Å². The number of benzene rings is 1. The van der Waals surface area contributed by atoms with Gasteiger partial charge in [0.05, 0.1) is 7.11 Å². The highest BCUT2D eigenvalue weighted by Gasteiger charge is 2.30. The van der Waals surface area contributed by atoms with Crippen molar-refractivity contribution in [2.45, 2.75) is 20.3 Å². The summed E-state index contributed by atoms with van der Waals surface area (Å²) in [5.74, 6) is -0.394. The fourth-order valence-electron chi connectivity index (χ4n) is 2.81. The molecule has 1 heterocycles. The van der Waals surface area contributed by atoms with E-state index in [2.05, 4.69) is 23.5 Å². The molecule has 1 aromatic carbocycles. The van der Waals surface area contributed by atoms with Crippen molar-refractivity contribution in [3.63, 3.8) is 0 Å². The minimum absolute atomic E-state index is 0.00745. The predicted molar refractivity (Wildman–Crippen MR) is 90.9 cm³/mol. The molecule has 0 spiro atoms. The van der Waals surface area contributed by atoms with Gasteiger partial charge < -0.3 is 9.64 Å². The summed E-state index contributed by atoms with van der Waals surface area (Å²) in [6, 6.07) is 7.17. The molecule has 1 aliphatic rings. The standard InChI is InChI=1S/C19H23NO3/c1-19(2)12-16(20(3)13-19)11-17(21)15-8-5-14(6-9-15)7-10-18(22)23-4/h5-11H,12-13H2,1-4H3/b10-7+,16-11+. The Morgan fingerprint density at radius 3 is 2.39 bits per heavy atom. The van der Waals surface area contributed by atoms with Crippen LogP contribution in [0, 0.1) is 5.41 Å². The van der Waals surface area contributed by atoms with E-state index in [4.69, 9.17) is 0 Å². The fourth-order valence-corrected chi connectivity index (χ4v) is 2.81. The lowest BCUT2D eigenvalue weighted by molar-refractivity contribution is -0.134. The molecule has 0 amide bonds. The average Bonchev–Trinajstić information content (AvgIpc) is 2.77. The third kappa shape index (κ3) is 4.55. The lowest BCUT2D eigenvalue weighted by Gasteiger charge is -2.16. The van der Waals surface area contributed by atoms with E-state index in [1.807, 2.05) is 19.2 Å². The third-order valence-corrected chi connectivity index (χ3v) is 3.92. The molecule has 1 aromatic rings. The normalized spacial score (nSPS) is 18.6. The Labute approximate surface area is 137 Å². The van der Waals surface area contributed by atoms with Gasteiger partial charge in [-0.2, -0.15) is 0 Å². The quantitative estimate of drug-likeness (QED) is 0.486. The first-order valence-electron chi connectivity index (χ1n) is 7.63. The molecule has 0 atom stereocenters. The zero-order chi connectivity index (χ0) is 17.0. The number of hydrogen-bond acceptors (Lipinski definition) is 4. The number of esters is 1. The largest absolute Gasteiger partial charge is 0.466 e. The van der Waals surface area contributed by atoms with Gasteiger partial charge in [-0.15, -0.1) is 0 Å². The minimum atomic E-state index is -0.401. The monoisotopic (exact) mass is 313 g/mol. The number of methoxy groups -OCH3 is 1. The first kappa shape index (κ1) is 17.0. The predicted octanol–water partition coefficient (Wildman–Crippen LogP) is 3.30. The maximum atomic E-state index is 12.4. The van der Waals surface area contributed by atoms with Gasteiger partial charge in [0.1, 0.15) is 0 Å². The first-order chi connectivity index (χ1) is 10.8. The number of ether oxygens (including phenoxy) is 1. The van der Waals surface area contributed by atoms with Crippen molar-refractivity contribution in [2.75, 3.05) is 20.7 Å². The number of ketones is 1. The number of allylic oxidation sites excluding steroid dienone is 2. The van der Waals surface area contributed by atoms with Gasteiger partial charge in [-0.1, -0.05) is 38.1 Å². The van der Waals surface area contributed by atoms with Crippen LogP contribution in [0.3, 0.4) is 0 Å². The number of carbonyl (C=O) groups excluding carboxylic acids is 2. The molecule has 23 heavy (non-hydrogen) atoms. The summed E-state index contributed by atoms with van der Waals surface area (Å²) in [6.07, 6.45) is 5.66. The van der Waals surface area contributed by atoms with Gasteiger partial charge in [0.2, 0.25) is 0 Å². The SMILES string of the molecule is COC(=O)/C=C/c1ccc(C(=O)/C=C2\CC(C)(C)CN2C)cc1. The smallest absolute Gasteiger partial charge is 0.330 e. The Morgan fingerprint density at radius 1 is 1.22 bits per heavy atom. The van der Waals surface area contributed by atoms with Crippen LogP contribution in [-0.4, -0.2) is 37.4 Å². The fraction of sp³-hybridized carbons (Fsp3) is 0.368. The number of likely N-dealkylation sites (tertiary alicyclic amines) is 1. The van der Waals surface area contributed by atoms with Crippen LogP contribution in [0.15, 0.2) is 42.1 Å². The van der Waals surface area contributed by atoms with Crippen molar-refractivity contribution in [2.24, 2.45) is 5.41 Å². The van der Waals surface area contributed by atoms with Crippen LogP contribution in [0.5, 0.6) is 0 Å². The molecule has 0 radical (unpaired) electrons. The topological polar surface area (TPSA) is 46.6 Å². The van der Waals surface area contributed by atoms with Gasteiger partial charge in [0.15, 0.2) is 5.78 Å². The van der Waals surface area contributed by atoms with E-state index < -0.39 is 5.97 Å². The van der Waals surface area contributed by atoms with Crippen molar-refractivity contribution in [1.29, 1.82) is 0 Å². The molecule has 1 aliphatic heterocycles. The van der Waals surface area contributed by atoms with Crippen LogP contribution in [0.4, 0.5) is 0 Å². The lowest BCUT2D eigenvalue weighted by Crippen LogP contribution is -2.18. The number of carbonyl (C=O) groups is 2. The van der Waals surface area contributed by atoms with Gasteiger partial charge >= 0.3 is 5.97 Å². The molecule has 0 saturated carbocycles. The maximum absolute atomic E-state index is 12.4. The molecule has 122 valence electrons. The highest BCUT2D eigenvalue weighted by atomic mass is 16.5. The van der Waals surface area contributed by atoms with E-state index in [0.29, 0.717) is 5.56 Å². The molecular weight excluding hydrogens is 290 g/mol. The summed E-state index contributed by atoms with van der Waals surface area (Å²) in [5.41, 5.74) is 2.78. The second kappa shape index (κ2) is 6.82. The molecule has 4 nitrogen and oxygen atoms in total. The average molecular weight is 313 g/mol. The summed E-state index contributed by atoms with van der Waals surface area (Å²) in [5, 5.41) is 0. The van der Waals surface area contributed by atoms with Crippen LogP contribution >= 0.6 is 0 Å². The molecule has 1 fully saturated rings.